The summed E-state index contributed by atoms with van der Waals surface area (Å²) in [4.78, 5) is 11.4. The molecule has 2 atom stereocenters. The van der Waals surface area contributed by atoms with Gasteiger partial charge in [0.2, 0.25) is 5.76 Å². The van der Waals surface area contributed by atoms with Crippen LogP contribution in [0.15, 0.2) is 45.3 Å². The lowest BCUT2D eigenvalue weighted by atomic mass is 10.1. The summed E-state index contributed by atoms with van der Waals surface area (Å²) < 4.78 is 11.2. The number of carbonyl (C=O) groups excluding carboxylic acids is 1. The van der Waals surface area contributed by atoms with Crippen molar-refractivity contribution in [2.45, 2.75) is 25.9 Å². The highest BCUT2D eigenvalue weighted by molar-refractivity contribution is 9.10. The quantitative estimate of drug-likeness (QED) is 0.818. The number of methoxy groups -OCH3 is 1. The number of hydrogen-bond donors (Lipinski definition) is 1. The molecule has 1 N–H and O–H groups in total. The van der Waals surface area contributed by atoms with Crippen molar-refractivity contribution in [1.29, 1.82) is 0 Å². The Labute approximate surface area is 132 Å². The van der Waals surface area contributed by atoms with E-state index in [0.717, 1.165) is 4.47 Å². The summed E-state index contributed by atoms with van der Waals surface area (Å²) in [5, 5.41) is 3.44. The third kappa shape index (κ3) is 3.95. The number of halogens is 1. The first kappa shape index (κ1) is 15.8. The number of furan rings is 1. The van der Waals surface area contributed by atoms with Gasteiger partial charge < -0.3 is 14.5 Å². The predicted molar refractivity (Wildman–Crippen MR) is 84.2 cm³/mol. The largest absolute Gasteiger partial charge is 0.463 e. The van der Waals surface area contributed by atoms with Crippen molar-refractivity contribution < 1.29 is 13.9 Å². The van der Waals surface area contributed by atoms with E-state index in [9.17, 15) is 4.79 Å². The second kappa shape index (κ2) is 6.91. The molecular formula is C16H18BrNO3. The fourth-order valence-corrected chi connectivity index (χ4v) is 2.54. The Balaban J connectivity index is 2.05. The number of rotatable bonds is 5. The molecule has 1 unspecified atom stereocenters. The van der Waals surface area contributed by atoms with Crippen LogP contribution in [-0.2, 0) is 4.74 Å². The van der Waals surface area contributed by atoms with Crippen molar-refractivity contribution in [2.24, 2.45) is 0 Å². The monoisotopic (exact) mass is 351 g/mol. The average Bonchev–Trinajstić information content (AvgIpc) is 2.96. The van der Waals surface area contributed by atoms with Gasteiger partial charge in [-0.1, -0.05) is 28.1 Å². The van der Waals surface area contributed by atoms with Gasteiger partial charge >= 0.3 is 5.97 Å². The van der Waals surface area contributed by atoms with E-state index in [0.29, 0.717) is 5.76 Å². The minimum absolute atomic E-state index is 0.0163. The molecule has 0 aliphatic rings. The van der Waals surface area contributed by atoms with Gasteiger partial charge in [0.25, 0.3) is 0 Å². The molecule has 5 heteroatoms. The third-order valence-corrected chi connectivity index (χ3v) is 3.78. The molecule has 2 rings (SSSR count). The van der Waals surface area contributed by atoms with Gasteiger partial charge in [0, 0.05) is 10.5 Å². The van der Waals surface area contributed by atoms with E-state index < -0.39 is 5.97 Å². The van der Waals surface area contributed by atoms with E-state index in [4.69, 9.17) is 4.42 Å². The molecule has 112 valence electrons. The molecule has 1 aromatic heterocycles. The van der Waals surface area contributed by atoms with Gasteiger partial charge in [-0.3, -0.25) is 0 Å². The summed E-state index contributed by atoms with van der Waals surface area (Å²) >= 11 is 3.47. The van der Waals surface area contributed by atoms with Crippen molar-refractivity contribution in [3.63, 3.8) is 0 Å². The summed E-state index contributed by atoms with van der Waals surface area (Å²) in [7, 11) is 1.33. The Morgan fingerprint density at radius 1 is 1.24 bits per heavy atom. The summed E-state index contributed by atoms with van der Waals surface area (Å²) in [5.74, 6) is 0.460. The standard InChI is InChI=1S/C16H18BrNO3/c1-10(12-5-4-6-13(17)9-12)18-11(2)14-7-8-15(21-14)16(19)20-3/h4-11,18H,1-3H3/t10-,11?/m1/s1. The normalized spacial score (nSPS) is 13.7. The molecule has 0 radical (unpaired) electrons. The molecule has 0 amide bonds. The van der Waals surface area contributed by atoms with Crippen LogP contribution in [0.5, 0.6) is 0 Å². The number of carbonyl (C=O) groups is 1. The van der Waals surface area contributed by atoms with Crippen molar-refractivity contribution in [3.05, 3.63) is 58.0 Å². The molecule has 0 aliphatic heterocycles. The summed E-state index contributed by atoms with van der Waals surface area (Å²) in [6, 6.07) is 11.7. The summed E-state index contributed by atoms with van der Waals surface area (Å²) in [5.41, 5.74) is 1.18. The molecule has 2 aromatic rings. The third-order valence-electron chi connectivity index (χ3n) is 3.29. The molecule has 1 aromatic carbocycles. The first-order chi connectivity index (χ1) is 10.0. The van der Waals surface area contributed by atoms with Crippen LogP contribution in [0.4, 0.5) is 0 Å². The van der Waals surface area contributed by atoms with Crippen LogP contribution in [0, 0.1) is 0 Å². The van der Waals surface area contributed by atoms with E-state index >= 15 is 0 Å². The van der Waals surface area contributed by atoms with Gasteiger partial charge in [-0.15, -0.1) is 0 Å². The fourth-order valence-electron chi connectivity index (χ4n) is 2.13. The number of benzene rings is 1. The van der Waals surface area contributed by atoms with Crippen LogP contribution in [-0.4, -0.2) is 13.1 Å². The maximum Gasteiger partial charge on any atom is 0.373 e. The zero-order valence-electron chi connectivity index (χ0n) is 12.2. The van der Waals surface area contributed by atoms with Crippen LogP contribution in [0.3, 0.4) is 0 Å². The van der Waals surface area contributed by atoms with Crippen LogP contribution in [0.1, 0.15) is 47.8 Å². The van der Waals surface area contributed by atoms with E-state index in [1.165, 1.54) is 12.7 Å². The molecule has 0 saturated heterocycles. The molecule has 1 heterocycles. The van der Waals surface area contributed by atoms with Gasteiger partial charge in [0.1, 0.15) is 5.76 Å². The molecule has 0 spiro atoms. The van der Waals surface area contributed by atoms with Crippen LogP contribution in [0.25, 0.3) is 0 Å². The van der Waals surface area contributed by atoms with Crippen molar-refractivity contribution in [1.82, 2.24) is 5.32 Å². The molecule has 0 bridgehead atoms. The summed E-state index contributed by atoms with van der Waals surface area (Å²) in [6.45, 7) is 4.08. The predicted octanol–water partition coefficient (Wildman–Crippen LogP) is 4.24. The van der Waals surface area contributed by atoms with Crippen molar-refractivity contribution >= 4 is 21.9 Å². The minimum atomic E-state index is -0.464. The molecule has 0 saturated carbocycles. The Bertz CT molecular complexity index is 623. The number of esters is 1. The molecule has 4 nitrogen and oxygen atoms in total. The fraction of sp³-hybridized carbons (Fsp3) is 0.312. The Morgan fingerprint density at radius 3 is 2.67 bits per heavy atom. The number of hydrogen-bond acceptors (Lipinski definition) is 4. The average molecular weight is 352 g/mol. The van der Waals surface area contributed by atoms with Gasteiger partial charge in [0.15, 0.2) is 0 Å². The lowest BCUT2D eigenvalue weighted by molar-refractivity contribution is 0.0562. The van der Waals surface area contributed by atoms with Gasteiger partial charge in [-0.05, 0) is 43.7 Å². The molecular weight excluding hydrogens is 334 g/mol. The van der Waals surface area contributed by atoms with Gasteiger partial charge in [-0.25, -0.2) is 4.79 Å². The highest BCUT2D eigenvalue weighted by atomic mass is 79.9. The van der Waals surface area contributed by atoms with Gasteiger partial charge in [0.05, 0.1) is 13.2 Å². The number of nitrogens with one attached hydrogen (secondary N) is 1. The van der Waals surface area contributed by atoms with E-state index in [2.05, 4.69) is 45.0 Å². The van der Waals surface area contributed by atoms with Crippen LogP contribution in [0.2, 0.25) is 0 Å². The lowest BCUT2D eigenvalue weighted by Crippen LogP contribution is -2.22. The topological polar surface area (TPSA) is 51.5 Å². The molecule has 0 fully saturated rings. The van der Waals surface area contributed by atoms with Crippen molar-refractivity contribution in [3.8, 4) is 0 Å². The zero-order chi connectivity index (χ0) is 15.4. The van der Waals surface area contributed by atoms with Crippen LogP contribution < -0.4 is 5.32 Å². The van der Waals surface area contributed by atoms with Gasteiger partial charge in [-0.2, -0.15) is 0 Å². The Morgan fingerprint density at radius 2 is 2.00 bits per heavy atom. The lowest BCUT2D eigenvalue weighted by Gasteiger charge is -2.19. The zero-order valence-corrected chi connectivity index (χ0v) is 13.8. The highest BCUT2D eigenvalue weighted by Gasteiger charge is 2.17. The Hall–Kier alpha value is -1.59. The minimum Gasteiger partial charge on any atom is -0.463 e. The van der Waals surface area contributed by atoms with Crippen LogP contribution >= 0.6 is 15.9 Å². The molecule has 21 heavy (non-hydrogen) atoms. The smallest absolute Gasteiger partial charge is 0.373 e. The maximum absolute atomic E-state index is 11.4. The first-order valence-corrected chi connectivity index (χ1v) is 7.50. The maximum atomic E-state index is 11.4. The van der Waals surface area contributed by atoms with Crippen molar-refractivity contribution in [2.75, 3.05) is 7.11 Å². The second-order valence-electron chi connectivity index (χ2n) is 4.86. The van der Waals surface area contributed by atoms with E-state index in [1.807, 2.05) is 19.1 Å². The highest BCUT2D eigenvalue weighted by Crippen LogP contribution is 2.23. The number of ether oxygens (including phenoxy) is 1. The van der Waals surface area contributed by atoms with E-state index in [-0.39, 0.29) is 17.8 Å². The summed E-state index contributed by atoms with van der Waals surface area (Å²) in [6.07, 6.45) is 0. The van der Waals surface area contributed by atoms with E-state index in [1.54, 1.807) is 12.1 Å². The first-order valence-electron chi connectivity index (χ1n) is 6.71. The SMILES string of the molecule is COC(=O)c1ccc(C(C)N[C@H](C)c2cccc(Br)c2)o1. The Kier molecular flexibility index (Phi) is 5.20. The molecule has 0 aliphatic carbocycles. The second-order valence-corrected chi connectivity index (χ2v) is 5.77.